The molecule has 2 unspecified atom stereocenters. The van der Waals surface area contributed by atoms with Gasteiger partial charge in [-0.3, -0.25) is 9.48 Å². The molecule has 1 saturated heterocycles. The number of aromatic nitrogens is 3. The molecule has 2 atom stereocenters. The number of benzene rings is 2. The molecule has 0 saturated carbocycles. The minimum absolute atomic E-state index is 0.00502. The molecule has 6 nitrogen and oxygen atoms in total. The van der Waals surface area contributed by atoms with Gasteiger partial charge in [0.1, 0.15) is 17.3 Å². The van der Waals surface area contributed by atoms with Gasteiger partial charge in [0.25, 0.3) is 5.91 Å². The molecule has 4 aromatic rings. The van der Waals surface area contributed by atoms with Crippen molar-refractivity contribution in [2.24, 2.45) is 7.05 Å². The predicted molar refractivity (Wildman–Crippen MR) is 120 cm³/mol. The topological polar surface area (TPSA) is 77.0 Å². The summed E-state index contributed by atoms with van der Waals surface area (Å²) in [5, 5.41) is 5.70. The molecule has 1 fully saturated rings. The Hall–Kier alpha value is -3.26. The van der Waals surface area contributed by atoms with Crippen LogP contribution in [0.5, 0.6) is 0 Å². The number of nitrogens with zero attached hydrogens (tertiary/aromatic N) is 4. The Morgan fingerprint density at radius 2 is 2.03 bits per heavy atom. The van der Waals surface area contributed by atoms with E-state index in [1.807, 2.05) is 0 Å². The van der Waals surface area contributed by atoms with Gasteiger partial charge in [-0.15, -0.1) is 0 Å². The molecule has 2 N–H and O–H groups in total. The number of nitrogens with two attached hydrogens (primary N) is 1. The van der Waals surface area contributed by atoms with Crippen molar-refractivity contribution in [1.29, 1.82) is 0 Å². The van der Waals surface area contributed by atoms with Gasteiger partial charge in [0.15, 0.2) is 0 Å². The van der Waals surface area contributed by atoms with Gasteiger partial charge in [0.2, 0.25) is 0 Å². The molecule has 0 radical (unpaired) electrons. The molecule has 1 aliphatic heterocycles. The van der Waals surface area contributed by atoms with Crippen molar-refractivity contribution in [3.63, 3.8) is 0 Å². The molecule has 2 aromatic carbocycles. The van der Waals surface area contributed by atoms with E-state index >= 15 is 4.39 Å². The molecule has 32 heavy (non-hydrogen) atoms. The molecular formula is C23H20ClF2N5O. The van der Waals surface area contributed by atoms with Gasteiger partial charge in [0.05, 0.1) is 45.8 Å². The van der Waals surface area contributed by atoms with Crippen molar-refractivity contribution in [3.8, 4) is 0 Å². The number of rotatable bonds is 2. The summed E-state index contributed by atoms with van der Waals surface area (Å²) in [6.07, 6.45) is 1.60. The molecule has 0 spiro atoms. The van der Waals surface area contributed by atoms with Crippen molar-refractivity contribution in [3.05, 3.63) is 64.6 Å². The van der Waals surface area contributed by atoms with Crippen LogP contribution >= 0.6 is 11.6 Å². The van der Waals surface area contributed by atoms with Crippen molar-refractivity contribution < 1.29 is 13.6 Å². The van der Waals surface area contributed by atoms with Crippen LogP contribution in [0.2, 0.25) is 5.02 Å². The van der Waals surface area contributed by atoms with E-state index in [-0.39, 0.29) is 29.1 Å². The lowest BCUT2D eigenvalue weighted by atomic mass is 9.98. The number of nitrogen functional groups attached to an aromatic ring is 1. The molecule has 0 bridgehead atoms. The first-order chi connectivity index (χ1) is 15.2. The number of pyridine rings is 1. The second-order valence-corrected chi connectivity index (χ2v) is 8.87. The van der Waals surface area contributed by atoms with Crippen LogP contribution in [0, 0.1) is 5.82 Å². The first-order valence-electron chi connectivity index (χ1n) is 10.1. The van der Waals surface area contributed by atoms with Crippen LogP contribution in [0.3, 0.4) is 0 Å². The van der Waals surface area contributed by atoms with Gasteiger partial charge in [-0.1, -0.05) is 29.8 Å². The Kier molecular flexibility index (Phi) is 4.60. The number of halogens is 3. The summed E-state index contributed by atoms with van der Waals surface area (Å²) >= 11 is 6.47. The fraction of sp³-hybridized carbons (Fsp3) is 0.261. The standard InChI is InChI=1S/C23H20ClF2N5O/c1-23(26)9-19(12-5-3-4-6-17(12)25)31(11-23)22(32)13-7-14-18(8-16(13)24)29-21(27)15-10-28-30(2)20(14)15/h3-8,10,19H,9,11H2,1-2H3,(H2,27,29). The van der Waals surface area contributed by atoms with Crippen LogP contribution in [-0.4, -0.2) is 37.8 Å². The van der Waals surface area contributed by atoms with Crippen LogP contribution in [-0.2, 0) is 7.05 Å². The molecular weight excluding hydrogens is 436 g/mol. The zero-order valence-corrected chi connectivity index (χ0v) is 18.2. The van der Waals surface area contributed by atoms with Crippen molar-refractivity contribution in [2.75, 3.05) is 12.3 Å². The third-order valence-electron chi connectivity index (χ3n) is 6.05. The number of anilines is 1. The lowest BCUT2D eigenvalue weighted by Gasteiger charge is -2.25. The van der Waals surface area contributed by atoms with Crippen LogP contribution in [0.25, 0.3) is 21.8 Å². The molecule has 164 valence electrons. The zero-order chi connectivity index (χ0) is 22.8. The molecule has 1 aliphatic rings. The first-order valence-corrected chi connectivity index (χ1v) is 10.5. The molecule has 9 heteroatoms. The van der Waals surface area contributed by atoms with Gasteiger partial charge in [-0.2, -0.15) is 5.10 Å². The van der Waals surface area contributed by atoms with Gasteiger partial charge in [-0.05, 0) is 25.1 Å². The van der Waals surface area contributed by atoms with Gasteiger partial charge in [-0.25, -0.2) is 13.8 Å². The average molecular weight is 456 g/mol. The number of amides is 1. The van der Waals surface area contributed by atoms with E-state index in [1.54, 1.807) is 48.3 Å². The number of carbonyl (C=O) groups is 1. The van der Waals surface area contributed by atoms with Crippen LogP contribution in [0.4, 0.5) is 14.6 Å². The third-order valence-corrected chi connectivity index (χ3v) is 6.36. The lowest BCUT2D eigenvalue weighted by Crippen LogP contribution is -2.33. The summed E-state index contributed by atoms with van der Waals surface area (Å²) in [6, 6.07) is 8.57. The second kappa shape index (κ2) is 7.13. The summed E-state index contributed by atoms with van der Waals surface area (Å²) in [4.78, 5) is 19.3. The summed E-state index contributed by atoms with van der Waals surface area (Å²) < 4.78 is 31.2. The Morgan fingerprint density at radius 3 is 2.78 bits per heavy atom. The molecule has 1 amide bonds. The number of fused-ring (bicyclic) bond motifs is 3. The fourth-order valence-corrected chi connectivity index (χ4v) is 4.82. The average Bonchev–Trinajstić information content (AvgIpc) is 3.28. The number of carbonyl (C=O) groups excluding carboxylic acids is 1. The van der Waals surface area contributed by atoms with E-state index < -0.39 is 23.4 Å². The normalized spacial score (nSPS) is 21.0. The Morgan fingerprint density at radius 1 is 1.28 bits per heavy atom. The third kappa shape index (κ3) is 3.17. The Bertz CT molecular complexity index is 1400. The highest BCUT2D eigenvalue weighted by atomic mass is 35.5. The van der Waals surface area contributed by atoms with Crippen LogP contribution in [0.15, 0.2) is 42.6 Å². The molecule has 0 aliphatic carbocycles. The van der Waals surface area contributed by atoms with E-state index in [2.05, 4.69) is 10.1 Å². The number of aryl methyl sites for hydroxylation is 1. The SMILES string of the molecule is Cn1ncc2c(N)nc3cc(Cl)c(C(=O)N4CC(C)(F)CC4c4ccccc4F)cc3c21. The highest BCUT2D eigenvalue weighted by Gasteiger charge is 2.45. The maximum absolute atomic E-state index is 15.0. The zero-order valence-electron chi connectivity index (χ0n) is 17.4. The molecule has 3 heterocycles. The van der Waals surface area contributed by atoms with Gasteiger partial charge < -0.3 is 10.6 Å². The van der Waals surface area contributed by atoms with E-state index in [0.29, 0.717) is 27.6 Å². The van der Waals surface area contributed by atoms with E-state index in [4.69, 9.17) is 17.3 Å². The fourth-order valence-electron chi connectivity index (χ4n) is 4.58. The largest absolute Gasteiger partial charge is 0.383 e. The minimum Gasteiger partial charge on any atom is -0.383 e. The highest BCUT2D eigenvalue weighted by Crippen LogP contribution is 2.42. The Balaban J connectivity index is 1.66. The minimum atomic E-state index is -1.66. The first kappa shape index (κ1) is 20.6. The lowest BCUT2D eigenvalue weighted by molar-refractivity contribution is 0.0711. The number of hydrogen-bond acceptors (Lipinski definition) is 4. The maximum atomic E-state index is 15.0. The predicted octanol–water partition coefficient (Wildman–Crippen LogP) is 4.81. The number of likely N-dealkylation sites (tertiary alicyclic amines) is 1. The Labute approximate surface area is 187 Å². The van der Waals surface area contributed by atoms with Gasteiger partial charge in [0, 0.05) is 24.4 Å². The van der Waals surface area contributed by atoms with Crippen molar-refractivity contribution in [1.82, 2.24) is 19.7 Å². The van der Waals surface area contributed by atoms with Crippen molar-refractivity contribution in [2.45, 2.75) is 25.1 Å². The quantitative estimate of drug-likeness (QED) is 0.470. The van der Waals surface area contributed by atoms with E-state index in [9.17, 15) is 9.18 Å². The molecule has 5 rings (SSSR count). The van der Waals surface area contributed by atoms with Crippen LogP contribution in [0.1, 0.15) is 35.3 Å². The summed E-state index contributed by atoms with van der Waals surface area (Å²) in [5.41, 5.74) is 6.09. The smallest absolute Gasteiger partial charge is 0.256 e. The van der Waals surface area contributed by atoms with E-state index in [0.717, 1.165) is 0 Å². The number of hydrogen-bond donors (Lipinski definition) is 1. The van der Waals surface area contributed by atoms with E-state index in [1.165, 1.54) is 17.9 Å². The number of alkyl halides is 1. The van der Waals surface area contributed by atoms with Crippen LogP contribution < -0.4 is 5.73 Å². The highest BCUT2D eigenvalue weighted by molar-refractivity contribution is 6.35. The van der Waals surface area contributed by atoms with Crippen molar-refractivity contribution >= 4 is 45.1 Å². The monoisotopic (exact) mass is 455 g/mol. The van der Waals surface area contributed by atoms with Gasteiger partial charge >= 0.3 is 0 Å². The summed E-state index contributed by atoms with van der Waals surface area (Å²) in [5.74, 6) is -0.643. The molecule has 2 aromatic heterocycles. The summed E-state index contributed by atoms with van der Waals surface area (Å²) in [7, 11) is 1.76. The second-order valence-electron chi connectivity index (χ2n) is 8.46. The summed E-state index contributed by atoms with van der Waals surface area (Å²) in [6.45, 7) is 1.25. The maximum Gasteiger partial charge on any atom is 0.256 e.